The minimum Gasteiger partial charge on any atom is -0.393 e. The molecule has 178 valence electrons. The molecule has 8 atom stereocenters. The zero-order valence-electron chi connectivity index (χ0n) is 21.4. The summed E-state index contributed by atoms with van der Waals surface area (Å²) >= 11 is 0. The SMILES string of the molecule is CC(=O)C1=C2[C@H]3CC[C@@H]4[C@@]5(C)CC[C@@H](O)C(C)(C)[C@@H]5CC[C@@]4(C)[C@]3(C)CC[C@@]2(C)CC1=O. The highest BCUT2D eigenvalue weighted by molar-refractivity contribution is 6.22. The van der Waals surface area contributed by atoms with Crippen molar-refractivity contribution in [1.29, 1.82) is 0 Å². The average molecular weight is 441 g/mol. The van der Waals surface area contributed by atoms with Crippen LogP contribution < -0.4 is 0 Å². The van der Waals surface area contributed by atoms with Crippen molar-refractivity contribution in [2.24, 2.45) is 44.8 Å². The number of hydrogen-bond acceptors (Lipinski definition) is 3. The molecule has 0 aromatic heterocycles. The molecule has 0 heterocycles. The fourth-order valence-corrected chi connectivity index (χ4v) is 10.6. The van der Waals surface area contributed by atoms with Gasteiger partial charge < -0.3 is 5.11 Å². The molecule has 3 nitrogen and oxygen atoms in total. The van der Waals surface area contributed by atoms with Crippen LogP contribution in [0.3, 0.4) is 0 Å². The van der Waals surface area contributed by atoms with E-state index in [2.05, 4.69) is 41.5 Å². The number of aliphatic hydroxyl groups excluding tert-OH is 1. The molecule has 0 radical (unpaired) electrons. The maximum absolute atomic E-state index is 13.0. The van der Waals surface area contributed by atoms with Gasteiger partial charge in [0.25, 0.3) is 0 Å². The smallest absolute Gasteiger partial charge is 0.167 e. The zero-order valence-corrected chi connectivity index (χ0v) is 21.4. The van der Waals surface area contributed by atoms with E-state index < -0.39 is 0 Å². The van der Waals surface area contributed by atoms with Gasteiger partial charge in [-0.1, -0.05) is 41.5 Å². The Morgan fingerprint density at radius 2 is 1.53 bits per heavy atom. The van der Waals surface area contributed by atoms with E-state index in [1.54, 1.807) is 6.92 Å². The molecule has 32 heavy (non-hydrogen) atoms. The second kappa shape index (κ2) is 6.58. The highest BCUT2D eigenvalue weighted by atomic mass is 16.3. The monoisotopic (exact) mass is 440 g/mol. The van der Waals surface area contributed by atoms with Crippen molar-refractivity contribution in [3.63, 3.8) is 0 Å². The summed E-state index contributed by atoms with van der Waals surface area (Å²) in [5.74, 6) is 1.65. The quantitative estimate of drug-likeness (QED) is 0.488. The lowest BCUT2D eigenvalue weighted by Gasteiger charge is -2.72. The molecule has 0 saturated heterocycles. The topological polar surface area (TPSA) is 54.4 Å². The molecule has 3 heteroatoms. The fourth-order valence-electron chi connectivity index (χ4n) is 10.6. The van der Waals surface area contributed by atoms with Crippen LogP contribution in [-0.2, 0) is 9.59 Å². The second-order valence-electron chi connectivity index (χ2n) is 14.0. The molecule has 4 saturated carbocycles. The van der Waals surface area contributed by atoms with E-state index in [0.717, 1.165) is 32.1 Å². The first-order valence-corrected chi connectivity index (χ1v) is 13.2. The predicted octanol–water partition coefficient (Wildman–Crippen LogP) is 6.28. The molecular formula is C29H44O3. The Balaban J connectivity index is 1.60. The van der Waals surface area contributed by atoms with Gasteiger partial charge >= 0.3 is 0 Å². The van der Waals surface area contributed by atoms with Gasteiger partial charge in [0, 0.05) is 6.42 Å². The Bertz CT molecular complexity index is 913. The molecule has 0 aliphatic heterocycles. The van der Waals surface area contributed by atoms with Crippen molar-refractivity contribution < 1.29 is 14.7 Å². The van der Waals surface area contributed by atoms with Gasteiger partial charge in [-0.05, 0) is 109 Å². The molecule has 5 aliphatic carbocycles. The highest BCUT2D eigenvalue weighted by Gasteiger charge is 2.69. The number of rotatable bonds is 1. The molecule has 5 rings (SSSR count). The molecule has 0 aromatic rings. The van der Waals surface area contributed by atoms with Crippen LogP contribution in [0.2, 0.25) is 0 Å². The highest BCUT2D eigenvalue weighted by Crippen LogP contribution is 2.76. The second-order valence-corrected chi connectivity index (χ2v) is 14.0. The molecule has 0 spiro atoms. The minimum atomic E-state index is -0.194. The number of Topliss-reactive ketones (excluding diaryl/α,β-unsaturated/α-hetero) is 2. The molecule has 1 N–H and O–H groups in total. The lowest BCUT2D eigenvalue weighted by atomic mass is 9.33. The first-order chi connectivity index (χ1) is 14.7. The van der Waals surface area contributed by atoms with Crippen molar-refractivity contribution in [3.05, 3.63) is 11.1 Å². The van der Waals surface area contributed by atoms with Gasteiger partial charge in [0.05, 0.1) is 11.7 Å². The lowest BCUT2D eigenvalue weighted by molar-refractivity contribution is -0.228. The summed E-state index contributed by atoms with van der Waals surface area (Å²) in [5.41, 5.74) is 2.28. The number of fused-ring (bicyclic) bond motifs is 7. The molecule has 4 fully saturated rings. The predicted molar refractivity (Wildman–Crippen MR) is 127 cm³/mol. The van der Waals surface area contributed by atoms with Crippen LogP contribution in [0.25, 0.3) is 0 Å². The number of aliphatic hydroxyl groups is 1. The summed E-state index contributed by atoms with van der Waals surface area (Å²) in [4.78, 5) is 25.6. The van der Waals surface area contributed by atoms with Gasteiger partial charge in [-0.25, -0.2) is 0 Å². The van der Waals surface area contributed by atoms with E-state index >= 15 is 0 Å². The summed E-state index contributed by atoms with van der Waals surface area (Å²) in [6, 6.07) is 0. The van der Waals surface area contributed by atoms with Crippen molar-refractivity contribution in [2.75, 3.05) is 0 Å². The number of carbonyl (C=O) groups excluding carboxylic acids is 2. The van der Waals surface area contributed by atoms with Crippen molar-refractivity contribution in [3.8, 4) is 0 Å². The van der Waals surface area contributed by atoms with E-state index in [9.17, 15) is 14.7 Å². The van der Waals surface area contributed by atoms with E-state index in [0.29, 0.717) is 29.7 Å². The Labute approximate surface area is 194 Å². The molecule has 0 unspecified atom stereocenters. The maximum atomic E-state index is 13.0. The number of hydrogen-bond donors (Lipinski definition) is 1. The first-order valence-electron chi connectivity index (χ1n) is 13.2. The first kappa shape index (κ1) is 22.8. The van der Waals surface area contributed by atoms with Crippen molar-refractivity contribution in [1.82, 2.24) is 0 Å². The molecular weight excluding hydrogens is 396 g/mol. The van der Waals surface area contributed by atoms with E-state index in [1.807, 2.05) is 0 Å². The van der Waals surface area contributed by atoms with Gasteiger partial charge in [0.15, 0.2) is 11.6 Å². The average Bonchev–Trinajstić information content (AvgIpc) is 2.96. The summed E-state index contributed by atoms with van der Waals surface area (Å²) in [6.07, 6.45) is 9.26. The molecule has 0 aromatic carbocycles. The third-order valence-corrected chi connectivity index (χ3v) is 12.5. The van der Waals surface area contributed by atoms with Crippen LogP contribution in [0.1, 0.15) is 106 Å². The Morgan fingerprint density at radius 3 is 2.19 bits per heavy atom. The third kappa shape index (κ3) is 2.53. The van der Waals surface area contributed by atoms with Crippen LogP contribution in [0.5, 0.6) is 0 Å². The zero-order chi connectivity index (χ0) is 23.5. The van der Waals surface area contributed by atoms with Crippen LogP contribution in [0.15, 0.2) is 11.1 Å². The third-order valence-electron chi connectivity index (χ3n) is 12.5. The molecule has 0 amide bonds. The standard InChI is InChI=1S/C29H44O3/c1-17(30)23-19(31)16-26(4)14-15-28(6)18(24(23)26)8-9-21-27(5)12-11-22(32)25(2,3)20(27)10-13-29(21,28)7/h18,20-22,32H,8-16H2,1-7H3/t18-,20+,21-,22-,26+,27+,28-,29-/m1/s1. The number of allylic oxidation sites excluding steroid dienone is 2. The Kier molecular flexibility index (Phi) is 4.69. The van der Waals surface area contributed by atoms with Crippen LogP contribution in [0, 0.1) is 44.8 Å². The maximum Gasteiger partial charge on any atom is 0.167 e. The van der Waals surface area contributed by atoms with Crippen molar-refractivity contribution in [2.45, 2.75) is 112 Å². The van der Waals surface area contributed by atoms with Gasteiger partial charge in [-0.15, -0.1) is 0 Å². The Morgan fingerprint density at radius 1 is 0.844 bits per heavy atom. The largest absolute Gasteiger partial charge is 0.393 e. The van der Waals surface area contributed by atoms with Gasteiger partial charge in [0.2, 0.25) is 0 Å². The van der Waals surface area contributed by atoms with Gasteiger partial charge in [0.1, 0.15) is 0 Å². The summed E-state index contributed by atoms with van der Waals surface area (Å²) < 4.78 is 0. The summed E-state index contributed by atoms with van der Waals surface area (Å²) in [5, 5.41) is 10.9. The van der Waals surface area contributed by atoms with E-state index in [4.69, 9.17) is 0 Å². The summed E-state index contributed by atoms with van der Waals surface area (Å²) in [7, 11) is 0. The van der Waals surface area contributed by atoms with E-state index in [1.165, 1.54) is 24.8 Å². The fraction of sp³-hybridized carbons (Fsp3) is 0.862. The number of carbonyl (C=O) groups is 2. The normalized spacial score (nSPS) is 52.1. The lowest BCUT2D eigenvalue weighted by Crippen LogP contribution is -2.65. The molecule has 0 bridgehead atoms. The van der Waals surface area contributed by atoms with Crippen molar-refractivity contribution >= 4 is 11.6 Å². The van der Waals surface area contributed by atoms with Crippen LogP contribution >= 0.6 is 0 Å². The summed E-state index contributed by atoms with van der Waals surface area (Å²) in [6.45, 7) is 16.1. The van der Waals surface area contributed by atoms with Crippen LogP contribution in [0.4, 0.5) is 0 Å². The number of ketones is 2. The van der Waals surface area contributed by atoms with E-state index in [-0.39, 0.29) is 44.7 Å². The minimum absolute atomic E-state index is 0.0102. The molecule has 5 aliphatic rings. The van der Waals surface area contributed by atoms with Crippen LogP contribution in [-0.4, -0.2) is 22.8 Å². The Hall–Kier alpha value is -0.960. The van der Waals surface area contributed by atoms with Gasteiger partial charge in [-0.2, -0.15) is 0 Å². The van der Waals surface area contributed by atoms with Gasteiger partial charge in [-0.3, -0.25) is 9.59 Å².